The molecule has 0 aliphatic rings. The molecular weight excluding hydrogens is 544 g/mol. The van der Waals surface area contributed by atoms with E-state index < -0.39 is 0 Å². The topological polar surface area (TPSA) is 340 Å². The van der Waals surface area contributed by atoms with Gasteiger partial charge in [0, 0.05) is 42.7 Å². The van der Waals surface area contributed by atoms with Crippen LogP contribution in [-0.4, -0.2) is 117 Å². The van der Waals surface area contributed by atoms with Gasteiger partial charge >= 0.3 is 33.0 Å². The zero-order valence-electron chi connectivity index (χ0n) is 16.2. The molecule has 0 aromatic carbocycles. The molecule has 0 radical (unpaired) electrons. The van der Waals surface area contributed by atoms with Gasteiger partial charge in [0.2, 0.25) is 0 Å². The molecule has 0 spiro atoms. The first kappa shape index (κ1) is 69.9. The average molecular weight is 581 g/mol. The molecule has 0 aliphatic heterocycles. The summed E-state index contributed by atoms with van der Waals surface area (Å²) in [6.45, 7) is 3.49. The molecule has 0 atom stereocenters. The Morgan fingerprint density at radius 1 is 0.552 bits per heavy atom. The fourth-order valence-corrected chi connectivity index (χ4v) is 0.516. The Morgan fingerprint density at radius 2 is 0.655 bits per heavy atom. The summed E-state index contributed by atoms with van der Waals surface area (Å²) in [6, 6.07) is 0. The van der Waals surface area contributed by atoms with Crippen LogP contribution in [0.2, 0.25) is 0 Å². The van der Waals surface area contributed by atoms with Crippen molar-refractivity contribution in [3.8, 4) is 0 Å². The van der Waals surface area contributed by atoms with Gasteiger partial charge in [0.05, 0.1) is 0 Å². The van der Waals surface area contributed by atoms with Gasteiger partial charge in [-0.2, -0.15) is 0 Å². The van der Waals surface area contributed by atoms with Crippen LogP contribution in [0.15, 0.2) is 0 Å². The van der Waals surface area contributed by atoms with Gasteiger partial charge in [0.15, 0.2) is 0 Å². The first-order valence-electron chi connectivity index (χ1n) is 5.84. The third-order valence-electron chi connectivity index (χ3n) is 1.15. The molecule has 16 N–H and O–H groups in total. The Bertz CT molecular complexity index is 140. The normalized spacial score (nSPS) is 6.62. The summed E-state index contributed by atoms with van der Waals surface area (Å²) in [5.74, 6) is 0. The van der Waals surface area contributed by atoms with Crippen molar-refractivity contribution in [1.82, 2.24) is 9.80 Å². The van der Waals surface area contributed by atoms with E-state index in [2.05, 4.69) is 9.80 Å². The van der Waals surface area contributed by atoms with Crippen molar-refractivity contribution in [2.75, 3.05) is 54.4 Å². The number of hydrogen-bond donors (Lipinski definition) is 10. The van der Waals surface area contributed by atoms with Crippen LogP contribution >= 0.6 is 0 Å². The van der Waals surface area contributed by atoms with Crippen molar-refractivity contribution in [3.05, 3.63) is 22.6 Å². The van der Waals surface area contributed by atoms with Gasteiger partial charge in [-0.1, -0.05) is 0 Å². The molecule has 0 saturated carbocycles. The van der Waals surface area contributed by atoms with Crippen molar-refractivity contribution in [2.24, 2.45) is 11.5 Å². The van der Waals surface area contributed by atoms with Gasteiger partial charge in [-0.25, -0.2) is 0 Å². The Balaban J connectivity index is -0.0000000148. The molecule has 198 valence electrons. The minimum absolute atomic E-state index is 0. The van der Waals surface area contributed by atoms with Gasteiger partial charge in [-0.3, -0.25) is 0 Å². The summed E-state index contributed by atoms with van der Waals surface area (Å²) in [5.41, 5.74) is 16.4. The van der Waals surface area contributed by atoms with Crippen molar-refractivity contribution in [1.29, 1.82) is 0 Å². The second-order valence-corrected chi connectivity index (χ2v) is 3.54. The van der Waals surface area contributed by atoms with Gasteiger partial charge in [-0.15, -0.1) is 0 Å². The smallest absolute Gasteiger partial charge is 0.478 e. The summed E-state index contributed by atoms with van der Waals surface area (Å²) in [5, 5.41) is 54.0. The van der Waals surface area contributed by atoms with E-state index in [9.17, 15) is 0 Å². The second kappa shape index (κ2) is 102. The molecule has 0 aromatic heterocycles. The predicted octanol–water partition coefficient (Wildman–Crippen LogP) is -2.09. The number of nitrogens with two attached hydrogens (primary N) is 2. The molecule has 29 heavy (non-hydrogen) atoms. The summed E-state index contributed by atoms with van der Waals surface area (Å²) >= 11 is 0. The van der Waals surface area contributed by atoms with Gasteiger partial charge in [-0.05, 0) is 28.2 Å². The zero-order chi connectivity index (χ0) is 20.8. The van der Waals surface area contributed by atoms with Crippen molar-refractivity contribution in [3.63, 3.8) is 0 Å². The van der Waals surface area contributed by atoms with E-state index in [-0.39, 0.29) is 60.4 Å². The molecule has 21 heteroatoms. The number of hydrogen-bond acceptors (Lipinski definition) is 12. The van der Waals surface area contributed by atoms with E-state index >= 15 is 0 Å². The number of rotatable bonds is 4. The first-order valence-corrected chi connectivity index (χ1v) is 5.84. The monoisotopic (exact) mass is 578 g/mol. The van der Waals surface area contributed by atoms with Crippen LogP contribution in [0.1, 0.15) is 0 Å². The van der Waals surface area contributed by atoms with Crippen LogP contribution in [0.3, 0.4) is 0 Å². The molecule has 18 nitrogen and oxygen atoms in total. The minimum Gasteiger partial charge on any atom is -0.478 e. The number of likely N-dealkylation sites (N-methyl/N-ethyl adjacent to an activating group) is 2. The van der Waals surface area contributed by atoms with Crippen LogP contribution in [0.25, 0.3) is 22.6 Å². The minimum atomic E-state index is 0. The maximum absolute atomic E-state index is 6.75. The molecule has 0 bridgehead atoms. The molecule has 0 fully saturated rings. The summed E-state index contributed by atoms with van der Waals surface area (Å²) in [6.07, 6.45) is 0. The number of nitrogens with zero attached hydrogens (tertiary/aromatic N) is 6. The fraction of sp³-hybridized carbons (Fsp3) is 1.00. The van der Waals surface area contributed by atoms with Gasteiger partial charge in [0.25, 0.3) is 0 Å². The predicted molar refractivity (Wildman–Crippen MR) is 90.2 cm³/mol. The average Bonchev–Trinajstić information content (AvgIpc) is 2.42. The Kier molecular flexibility index (Phi) is 245. The van der Waals surface area contributed by atoms with Gasteiger partial charge in [0.1, 0.15) is 0 Å². The Hall–Kier alpha value is 0.761. The molecule has 0 saturated heterocycles. The summed E-state index contributed by atoms with van der Waals surface area (Å²) in [7, 11) is 8.03. The molecule has 0 unspecified atom stereocenters. The van der Waals surface area contributed by atoms with E-state index in [0.717, 1.165) is 26.2 Å². The van der Waals surface area contributed by atoms with E-state index in [0.29, 0.717) is 0 Å². The molecule has 0 amide bonds. The van der Waals surface area contributed by atoms with Crippen LogP contribution < -0.4 is 11.5 Å². The van der Waals surface area contributed by atoms with Gasteiger partial charge < -0.3 is 96.5 Å². The first-order chi connectivity index (χ1) is 11.2. The van der Waals surface area contributed by atoms with Crippen LogP contribution in [0, 0.1) is 0 Å². The third-order valence-corrected chi connectivity index (χ3v) is 1.15. The molecule has 0 heterocycles. The Labute approximate surface area is 200 Å². The maximum Gasteiger partial charge on any atom is 2.00 e. The molecule has 0 aliphatic carbocycles. The van der Waals surface area contributed by atoms with Crippen molar-refractivity contribution < 1.29 is 102 Å². The van der Waals surface area contributed by atoms with E-state index in [1.54, 1.807) is 0 Å². The third kappa shape index (κ3) is 451. The van der Waals surface area contributed by atoms with E-state index in [4.69, 9.17) is 53.1 Å². The summed E-state index contributed by atoms with van der Waals surface area (Å²) in [4.78, 5) is 4.11. The maximum atomic E-state index is 6.75. The van der Waals surface area contributed by atoms with E-state index in [1.807, 2.05) is 28.2 Å². The van der Waals surface area contributed by atoms with Crippen LogP contribution in [0.4, 0.5) is 0 Å². The SMILES string of the molecule is CN(C)CCN.CN(C)CCN.O.O.O[N-]O.O[N-]O.O[N-]O.O[N-]O.[Ni+2].[Ni+2].[Ni]. The largest absolute Gasteiger partial charge is 2.00 e. The van der Waals surface area contributed by atoms with Crippen molar-refractivity contribution in [2.45, 2.75) is 0 Å². The van der Waals surface area contributed by atoms with Crippen LogP contribution in [0.5, 0.6) is 0 Å². The molecular formula is C8H36N8Ni3O10. The van der Waals surface area contributed by atoms with E-state index in [1.165, 1.54) is 22.6 Å². The quantitative estimate of drug-likeness (QED) is 0.126. The Morgan fingerprint density at radius 3 is 0.655 bits per heavy atom. The second-order valence-electron chi connectivity index (χ2n) is 3.54. The van der Waals surface area contributed by atoms with Crippen LogP contribution in [-0.2, 0) is 49.5 Å². The molecule has 0 aromatic rings. The molecule has 0 rings (SSSR count). The zero-order valence-corrected chi connectivity index (χ0v) is 19.2. The fourth-order valence-electron chi connectivity index (χ4n) is 0.516. The summed E-state index contributed by atoms with van der Waals surface area (Å²) < 4.78 is 0. The standard InChI is InChI=1S/2C4H12N2.4H2NO2.3Ni.2H2O/c2*1-6(2)4-3-5;4*2-1-3;;;;;/h2*3-5H2,1-2H3;4*2-3H;;;;2*1H2/q;;4*-1;;2*+2;;. The van der Waals surface area contributed by atoms with Crippen molar-refractivity contribution >= 4 is 0 Å².